The number of esters is 4. The molecule has 96 heavy (non-hydrogen) atoms. The van der Waals surface area contributed by atoms with E-state index in [-0.39, 0.29) is 25.7 Å². The van der Waals surface area contributed by atoms with Crippen molar-refractivity contribution < 1.29 is 80.2 Å². The summed E-state index contributed by atoms with van der Waals surface area (Å²) in [5.74, 6) is -2.20. The van der Waals surface area contributed by atoms with Gasteiger partial charge in [0.05, 0.1) is 26.4 Å². The molecule has 0 aliphatic carbocycles. The third kappa shape index (κ3) is 69.5. The lowest BCUT2D eigenvalue weighted by molar-refractivity contribution is -0.161. The van der Waals surface area contributed by atoms with E-state index in [2.05, 4.69) is 64.2 Å². The zero-order chi connectivity index (χ0) is 70.4. The maximum absolute atomic E-state index is 13.1. The van der Waals surface area contributed by atoms with Gasteiger partial charge >= 0.3 is 39.5 Å². The molecule has 0 aliphatic heterocycles. The highest BCUT2D eigenvalue weighted by atomic mass is 31.2. The minimum Gasteiger partial charge on any atom is -0.462 e. The Labute approximate surface area is 585 Å². The van der Waals surface area contributed by atoms with Gasteiger partial charge in [0.25, 0.3) is 0 Å². The topological polar surface area (TPSA) is 237 Å². The van der Waals surface area contributed by atoms with E-state index in [1.54, 1.807) is 0 Å². The van der Waals surface area contributed by atoms with Crippen LogP contribution in [0.15, 0.2) is 48.6 Å². The van der Waals surface area contributed by atoms with E-state index in [1.807, 2.05) is 12.2 Å². The molecule has 3 N–H and O–H groups in total. The molecular weight excluding hydrogens is 1260 g/mol. The summed E-state index contributed by atoms with van der Waals surface area (Å²) in [6, 6.07) is 0. The Morgan fingerprint density at radius 3 is 0.823 bits per heavy atom. The summed E-state index contributed by atoms with van der Waals surface area (Å²) in [7, 11) is -9.94. The lowest BCUT2D eigenvalue weighted by Gasteiger charge is -2.21. The third-order valence-corrected chi connectivity index (χ3v) is 18.7. The van der Waals surface area contributed by atoms with E-state index >= 15 is 0 Å². The van der Waals surface area contributed by atoms with Crippen LogP contribution in [0.25, 0.3) is 0 Å². The Kier molecular flexibility index (Phi) is 68.3. The zero-order valence-corrected chi connectivity index (χ0v) is 63.1. The van der Waals surface area contributed by atoms with E-state index in [1.165, 1.54) is 186 Å². The van der Waals surface area contributed by atoms with Gasteiger partial charge in [-0.3, -0.25) is 37.3 Å². The predicted molar refractivity (Wildman–Crippen MR) is 390 cm³/mol. The molecule has 0 rings (SSSR count). The highest BCUT2D eigenvalue weighted by Crippen LogP contribution is 2.45. The monoisotopic (exact) mass is 1400 g/mol. The second-order valence-corrected chi connectivity index (χ2v) is 29.2. The molecule has 0 bridgehead atoms. The number of carbonyl (C=O) groups excluding carboxylic acids is 4. The van der Waals surface area contributed by atoms with Crippen molar-refractivity contribution in [3.05, 3.63) is 48.6 Å². The van der Waals surface area contributed by atoms with Crippen LogP contribution in [0.4, 0.5) is 0 Å². The second-order valence-electron chi connectivity index (χ2n) is 26.3. The van der Waals surface area contributed by atoms with Gasteiger partial charge in [-0.2, -0.15) is 0 Å². The van der Waals surface area contributed by atoms with Crippen LogP contribution in [0.5, 0.6) is 0 Å². The Hall–Kier alpha value is -2.98. The minimum absolute atomic E-state index is 0.0255. The molecule has 17 nitrogen and oxygen atoms in total. The van der Waals surface area contributed by atoms with Crippen molar-refractivity contribution in [3.8, 4) is 0 Å². The zero-order valence-electron chi connectivity index (χ0n) is 61.3. The molecule has 0 radical (unpaired) electrons. The summed E-state index contributed by atoms with van der Waals surface area (Å²) in [5, 5.41) is 10.6. The van der Waals surface area contributed by atoms with E-state index < -0.39 is 97.5 Å². The maximum atomic E-state index is 13.1. The van der Waals surface area contributed by atoms with E-state index in [0.29, 0.717) is 32.1 Å². The molecule has 0 amide bonds. The number of phosphoric ester groups is 2. The number of phosphoric acid groups is 2. The lowest BCUT2D eigenvalue weighted by Crippen LogP contribution is -2.30. The van der Waals surface area contributed by atoms with Crippen LogP contribution in [0.3, 0.4) is 0 Å². The molecule has 0 aromatic rings. The second kappa shape index (κ2) is 70.5. The van der Waals surface area contributed by atoms with Gasteiger partial charge in [-0.25, -0.2) is 9.13 Å². The number of hydrogen-bond donors (Lipinski definition) is 3. The molecule has 2 unspecified atom stereocenters. The van der Waals surface area contributed by atoms with Gasteiger partial charge in [-0.15, -0.1) is 0 Å². The molecule has 0 aromatic heterocycles. The van der Waals surface area contributed by atoms with Crippen LogP contribution in [0.2, 0.25) is 0 Å². The number of unbranched alkanes of at least 4 members (excludes halogenated alkanes) is 40. The first-order valence-corrected chi connectivity index (χ1v) is 41.9. The quantitative estimate of drug-likeness (QED) is 0.0169. The first-order valence-electron chi connectivity index (χ1n) is 38.9. The van der Waals surface area contributed by atoms with Gasteiger partial charge in [-0.1, -0.05) is 320 Å². The molecule has 0 spiro atoms. The molecule has 5 atom stereocenters. The van der Waals surface area contributed by atoms with Gasteiger partial charge in [0.1, 0.15) is 19.3 Å². The predicted octanol–water partition coefficient (Wildman–Crippen LogP) is 22.1. The number of allylic oxidation sites excluding steroid dienone is 8. The molecule has 0 saturated heterocycles. The Bertz CT molecular complexity index is 2010. The third-order valence-electron chi connectivity index (χ3n) is 16.8. The molecule has 0 heterocycles. The smallest absolute Gasteiger partial charge is 0.462 e. The fourth-order valence-electron chi connectivity index (χ4n) is 10.9. The van der Waals surface area contributed by atoms with Crippen molar-refractivity contribution in [1.82, 2.24) is 0 Å². The lowest BCUT2D eigenvalue weighted by atomic mass is 10.0. The van der Waals surface area contributed by atoms with Crippen LogP contribution in [-0.2, 0) is 65.4 Å². The Morgan fingerprint density at radius 1 is 0.292 bits per heavy atom. The number of carbonyl (C=O) groups is 4. The molecule has 0 saturated carbocycles. The fraction of sp³-hybridized carbons (Fsp3) is 0.844. The van der Waals surface area contributed by atoms with E-state index in [0.717, 1.165) is 89.9 Å². The minimum atomic E-state index is -4.98. The molecule has 0 aliphatic rings. The first kappa shape index (κ1) is 93.0. The number of ether oxygens (including phenoxy) is 4. The summed E-state index contributed by atoms with van der Waals surface area (Å²) in [5.41, 5.74) is 0. The van der Waals surface area contributed by atoms with Crippen molar-refractivity contribution in [2.75, 3.05) is 39.6 Å². The number of aliphatic hydroxyl groups excluding tert-OH is 1. The summed E-state index contributed by atoms with van der Waals surface area (Å²) >= 11 is 0. The van der Waals surface area contributed by atoms with Crippen LogP contribution >= 0.6 is 15.6 Å². The summed E-state index contributed by atoms with van der Waals surface area (Å²) in [6.45, 7) is 4.85. The van der Waals surface area contributed by atoms with Gasteiger partial charge in [0, 0.05) is 25.7 Å². The largest absolute Gasteiger partial charge is 0.472 e. The molecule has 562 valence electrons. The van der Waals surface area contributed by atoms with Crippen LogP contribution < -0.4 is 0 Å². The van der Waals surface area contributed by atoms with Crippen LogP contribution in [0, 0.1) is 0 Å². The summed E-state index contributed by atoms with van der Waals surface area (Å²) < 4.78 is 68.4. The van der Waals surface area contributed by atoms with Crippen molar-refractivity contribution in [2.24, 2.45) is 0 Å². The Morgan fingerprint density at radius 2 is 0.521 bits per heavy atom. The average molecular weight is 1400 g/mol. The van der Waals surface area contributed by atoms with Gasteiger partial charge in [0.2, 0.25) is 0 Å². The molecular formula is C77H142O17P2. The number of aliphatic hydroxyl groups is 1. The molecule has 0 fully saturated rings. The normalized spacial score (nSPS) is 14.2. The van der Waals surface area contributed by atoms with Gasteiger partial charge in [0.15, 0.2) is 12.2 Å². The van der Waals surface area contributed by atoms with E-state index in [9.17, 15) is 43.2 Å². The van der Waals surface area contributed by atoms with Crippen LogP contribution in [0.1, 0.15) is 362 Å². The molecule has 19 heteroatoms. The first-order chi connectivity index (χ1) is 46.7. The fourth-order valence-corrected chi connectivity index (χ4v) is 12.4. The van der Waals surface area contributed by atoms with Gasteiger partial charge in [-0.05, 0) is 64.2 Å². The highest BCUT2D eigenvalue weighted by molar-refractivity contribution is 7.47. The summed E-state index contributed by atoms with van der Waals surface area (Å²) in [4.78, 5) is 72.8. The van der Waals surface area contributed by atoms with Crippen molar-refractivity contribution in [1.29, 1.82) is 0 Å². The van der Waals surface area contributed by atoms with E-state index in [4.69, 9.17) is 37.0 Å². The SMILES string of the molecule is CCCCC/C=C\C/C=C\C/C=C\C/C=C\CCCC(=O)O[C@H](COC(=O)CCCCCCCCCCCCCCC)COP(=O)(O)OC[C@H](O)COP(=O)(O)OC[C@@H](COC(=O)CCCCCCCCCCCCCCC)OC(=O)CCCCCCCCCCCCCCC. The summed E-state index contributed by atoms with van der Waals surface area (Å²) in [6.07, 6.45) is 66.7. The van der Waals surface area contributed by atoms with Crippen molar-refractivity contribution >= 4 is 39.5 Å². The van der Waals surface area contributed by atoms with Crippen LogP contribution in [-0.4, -0.2) is 96.7 Å². The Balaban J connectivity index is 5.35. The molecule has 0 aromatic carbocycles. The standard InChI is InChI=1S/C77H142O17P2/c1-5-9-13-17-21-25-29-33-34-35-36-40-44-48-52-56-60-64-77(82)94-73(68-88-75(80)62-58-54-50-46-42-38-31-27-23-19-15-11-7-3)70-92-96(85,86)90-66-71(78)65-89-95(83,84)91-69-72(93-76(81)63-59-55-51-47-43-39-32-28-24-20-16-12-8-4)67-87-74(79)61-57-53-49-45-41-37-30-26-22-18-14-10-6-2/h21,25,33-34,36,40,48,52,71-73,78H,5-20,22-24,26-32,35,37-39,41-47,49-51,53-70H2,1-4H3,(H,83,84)(H,85,86)/b25-21-,34-33-,40-36-,52-48-/t71-,72-,73-/m1/s1. The average Bonchev–Trinajstić information content (AvgIpc) is 1.26. The maximum Gasteiger partial charge on any atom is 0.472 e. The highest BCUT2D eigenvalue weighted by Gasteiger charge is 2.30. The van der Waals surface area contributed by atoms with Crippen molar-refractivity contribution in [3.63, 3.8) is 0 Å². The number of rotatable bonds is 74. The van der Waals surface area contributed by atoms with Gasteiger partial charge < -0.3 is 33.8 Å². The number of hydrogen-bond acceptors (Lipinski definition) is 15. The van der Waals surface area contributed by atoms with Crippen molar-refractivity contribution in [2.45, 2.75) is 380 Å².